The minimum absolute atomic E-state index is 0. The fourth-order valence-corrected chi connectivity index (χ4v) is 4.31. The van der Waals surface area contributed by atoms with Crippen molar-refractivity contribution < 1.29 is 9.47 Å². The quantitative estimate of drug-likeness (QED) is 0.437. The van der Waals surface area contributed by atoms with Crippen LogP contribution in [0.25, 0.3) is 5.69 Å². The summed E-state index contributed by atoms with van der Waals surface area (Å²) in [5.41, 5.74) is 2.25. The number of hydrogen-bond donors (Lipinski definition) is 0. The molecule has 2 heterocycles. The molecule has 0 aliphatic carbocycles. The van der Waals surface area contributed by atoms with E-state index in [0.29, 0.717) is 11.6 Å². The molecule has 2 aromatic carbocycles. The molecule has 0 amide bonds. The standard InChI is InChI=1S/C22H25ClN4O2S.ClH/c1-17-2-6-19(7-3-17)27-21(16-29-20-8-4-18(23)5-9-20)24-25-22(27)30-15-12-26-10-13-28-14-11-26;/h2-9H,10-16H2,1H3;1H. The number of ether oxygens (including phenoxy) is 2. The Balaban J connectivity index is 0.00000272. The summed E-state index contributed by atoms with van der Waals surface area (Å²) >= 11 is 7.68. The lowest BCUT2D eigenvalue weighted by molar-refractivity contribution is 0.0410. The molecule has 0 unspecified atom stereocenters. The van der Waals surface area contributed by atoms with E-state index in [0.717, 1.165) is 61.0 Å². The molecular weight excluding hydrogens is 455 g/mol. The Labute approximate surface area is 198 Å². The van der Waals surface area contributed by atoms with Gasteiger partial charge in [-0.25, -0.2) is 0 Å². The summed E-state index contributed by atoms with van der Waals surface area (Å²) in [6, 6.07) is 15.7. The zero-order valence-corrected chi connectivity index (χ0v) is 19.8. The maximum absolute atomic E-state index is 5.96. The zero-order chi connectivity index (χ0) is 20.8. The molecule has 3 aromatic rings. The molecule has 1 fully saturated rings. The van der Waals surface area contributed by atoms with Crippen LogP contribution in [0.15, 0.2) is 53.7 Å². The number of nitrogens with zero attached hydrogens (tertiary/aromatic N) is 4. The normalized spacial score (nSPS) is 14.3. The molecule has 6 nitrogen and oxygen atoms in total. The van der Waals surface area contributed by atoms with Crippen LogP contribution in [0.3, 0.4) is 0 Å². The highest BCUT2D eigenvalue weighted by atomic mass is 35.5. The number of morpholine rings is 1. The van der Waals surface area contributed by atoms with Gasteiger partial charge in [-0.3, -0.25) is 9.47 Å². The highest BCUT2D eigenvalue weighted by molar-refractivity contribution is 7.99. The molecule has 1 aromatic heterocycles. The molecule has 0 saturated carbocycles. The Morgan fingerprint density at radius 3 is 2.45 bits per heavy atom. The minimum Gasteiger partial charge on any atom is -0.486 e. The lowest BCUT2D eigenvalue weighted by atomic mass is 10.2. The van der Waals surface area contributed by atoms with Gasteiger partial charge in [-0.2, -0.15) is 0 Å². The highest BCUT2D eigenvalue weighted by Gasteiger charge is 2.16. The van der Waals surface area contributed by atoms with Crippen molar-refractivity contribution >= 4 is 35.8 Å². The van der Waals surface area contributed by atoms with Crippen molar-refractivity contribution in [2.45, 2.75) is 18.7 Å². The van der Waals surface area contributed by atoms with Gasteiger partial charge in [-0.05, 0) is 43.3 Å². The number of hydrogen-bond acceptors (Lipinski definition) is 6. The van der Waals surface area contributed by atoms with Crippen molar-refractivity contribution in [1.82, 2.24) is 19.7 Å². The van der Waals surface area contributed by atoms with Gasteiger partial charge in [0.25, 0.3) is 0 Å². The van der Waals surface area contributed by atoms with E-state index in [1.807, 2.05) is 24.3 Å². The van der Waals surface area contributed by atoms with Crippen LogP contribution in [-0.2, 0) is 11.3 Å². The third-order valence-electron chi connectivity index (χ3n) is 4.92. The first-order valence-corrected chi connectivity index (χ1v) is 11.4. The summed E-state index contributed by atoms with van der Waals surface area (Å²) in [6.45, 7) is 7.03. The number of aromatic nitrogens is 3. The Morgan fingerprint density at radius 2 is 1.74 bits per heavy atom. The molecular formula is C22H26Cl2N4O2S. The summed E-state index contributed by atoms with van der Waals surface area (Å²) in [4.78, 5) is 2.42. The molecule has 0 radical (unpaired) electrons. The van der Waals surface area contributed by atoms with E-state index in [4.69, 9.17) is 21.1 Å². The SMILES string of the molecule is Cc1ccc(-n2c(COc3ccc(Cl)cc3)nnc2SCCN2CCOCC2)cc1.Cl. The molecule has 9 heteroatoms. The molecule has 1 aliphatic rings. The zero-order valence-electron chi connectivity index (χ0n) is 17.4. The summed E-state index contributed by atoms with van der Waals surface area (Å²) in [7, 11) is 0. The van der Waals surface area contributed by atoms with Gasteiger partial charge < -0.3 is 9.47 Å². The molecule has 1 aliphatic heterocycles. The lowest BCUT2D eigenvalue weighted by Gasteiger charge is -2.26. The first kappa shape index (κ1) is 23.9. The van der Waals surface area contributed by atoms with Gasteiger partial charge in [-0.1, -0.05) is 41.1 Å². The van der Waals surface area contributed by atoms with E-state index >= 15 is 0 Å². The van der Waals surface area contributed by atoms with Crippen LogP contribution in [0, 0.1) is 6.92 Å². The van der Waals surface area contributed by atoms with Crippen LogP contribution in [-0.4, -0.2) is 58.3 Å². The number of benzene rings is 2. The van der Waals surface area contributed by atoms with Crippen molar-refractivity contribution in [2.24, 2.45) is 0 Å². The van der Waals surface area contributed by atoms with Gasteiger partial charge in [0, 0.05) is 36.1 Å². The van der Waals surface area contributed by atoms with Gasteiger partial charge in [-0.15, -0.1) is 22.6 Å². The van der Waals surface area contributed by atoms with E-state index in [2.05, 4.69) is 50.9 Å². The third kappa shape index (κ3) is 6.60. The van der Waals surface area contributed by atoms with E-state index in [-0.39, 0.29) is 12.4 Å². The first-order chi connectivity index (χ1) is 14.7. The van der Waals surface area contributed by atoms with Gasteiger partial charge in [0.15, 0.2) is 11.0 Å². The molecule has 0 spiro atoms. The summed E-state index contributed by atoms with van der Waals surface area (Å²) in [5.74, 6) is 2.46. The average molecular weight is 481 g/mol. The summed E-state index contributed by atoms with van der Waals surface area (Å²) in [5, 5.41) is 10.4. The number of aryl methyl sites for hydroxylation is 1. The predicted octanol–water partition coefficient (Wildman–Crippen LogP) is 4.65. The second-order valence-electron chi connectivity index (χ2n) is 7.11. The van der Waals surface area contributed by atoms with Gasteiger partial charge in [0.2, 0.25) is 0 Å². The van der Waals surface area contributed by atoms with Gasteiger partial charge in [0.1, 0.15) is 12.4 Å². The Bertz CT molecular complexity index is 945. The van der Waals surface area contributed by atoms with Crippen molar-refractivity contribution in [2.75, 3.05) is 38.6 Å². The van der Waals surface area contributed by atoms with Gasteiger partial charge >= 0.3 is 0 Å². The van der Waals surface area contributed by atoms with Crippen LogP contribution < -0.4 is 4.74 Å². The number of halogens is 2. The Hall–Kier alpha value is -1.77. The smallest absolute Gasteiger partial charge is 0.195 e. The molecule has 0 bridgehead atoms. The predicted molar refractivity (Wildman–Crippen MR) is 127 cm³/mol. The van der Waals surface area contributed by atoms with E-state index in [1.54, 1.807) is 11.8 Å². The van der Waals surface area contributed by atoms with Crippen molar-refractivity contribution in [3.05, 3.63) is 64.9 Å². The maximum Gasteiger partial charge on any atom is 0.195 e. The third-order valence-corrected chi connectivity index (χ3v) is 6.08. The minimum atomic E-state index is 0. The molecule has 0 N–H and O–H groups in total. The monoisotopic (exact) mass is 480 g/mol. The van der Waals surface area contributed by atoms with Crippen LogP contribution >= 0.6 is 35.8 Å². The number of thioether (sulfide) groups is 1. The largest absolute Gasteiger partial charge is 0.486 e. The van der Waals surface area contributed by atoms with E-state index in [1.165, 1.54) is 5.56 Å². The molecule has 1 saturated heterocycles. The summed E-state index contributed by atoms with van der Waals surface area (Å²) < 4.78 is 13.4. The van der Waals surface area contributed by atoms with Crippen LogP contribution in [0.2, 0.25) is 5.02 Å². The van der Waals surface area contributed by atoms with Crippen LogP contribution in [0.1, 0.15) is 11.4 Å². The second-order valence-corrected chi connectivity index (χ2v) is 8.61. The fraction of sp³-hybridized carbons (Fsp3) is 0.364. The first-order valence-electron chi connectivity index (χ1n) is 10.0. The van der Waals surface area contributed by atoms with Crippen molar-refractivity contribution in [1.29, 1.82) is 0 Å². The molecule has 166 valence electrons. The highest BCUT2D eigenvalue weighted by Crippen LogP contribution is 2.24. The number of rotatable bonds is 8. The topological polar surface area (TPSA) is 52.4 Å². The van der Waals surface area contributed by atoms with E-state index in [9.17, 15) is 0 Å². The summed E-state index contributed by atoms with van der Waals surface area (Å²) in [6.07, 6.45) is 0. The van der Waals surface area contributed by atoms with Crippen molar-refractivity contribution in [3.63, 3.8) is 0 Å². The molecule has 4 rings (SSSR count). The average Bonchev–Trinajstić information content (AvgIpc) is 3.17. The Kier molecular flexibility index (Phi) is 9.04. The Morgan fingerprint density at radius 1 is 1.03 bits per heavy atom. The molecule has 0 atom stereocenters. The van der Waals surface area contributed by atoms with E-state index < -0.39 is 0 Å². The lowest BCUT2D eigenvalue weighted by Crippen LogP contribution is -2.37. The van der Waals surface area contributed by atoms with Crippen LogP contribution in [0.4, 0.5) is 0 Å². The molecule has 31 heavy (non-hydrogen) atoms. The second kappa shape index (κ2) is 11.7. The maximum atomic E-state index is 5.96. The van der Waals surface area contributed by atoms with Crippen LogP contribution in [0.5, 0.6) is 5.75 Å². The van der Waals surface area contributed by atoms with Gasteiger partial charge in [0.05, 0.1) is 13.2 Å². The fourth-order valence-electron chi connectivity index (χ4n) is 3.21. The van der Waals surface area contributed by atoms with Crippen molar-refractivity contribution in [3.8, 4) is 11.4 Å².